The summed E-state index contributed by atoms with van der Waals surface area (Å²) in [5.74, 6) is 0.708. The van der Waals surface area contributed by atoms with Crippen LogP contribution in [0.3, 0.4) is 0 Å². The van der Waals surface area contributed by atoms with Crippen molar-refractivity contribution in [1.29, 1.82) is 0 Å². The van der Waals surface area contributed by atoms with Crippen molar-refractivity contribution in [3.05, 3.63) is 0 Å². The smallest absolute Gasteiger partial charge is 0.350 e. The van der Waals surface area contributed by atoms with Gasteiger partial charge in [-0.15, -0.1) is 0 Å². The van der Waals surface area contributed by atoms with Gasteiger partial charge in [-0.2, -0.15) is 0 Å². The van der Waals surface area contributed by atoms with Gasteiger partial charge < -0.3 is 25.6 Å². The van der Waals surface area contributed by atoms with Crippen molar-refractivity contribution in [3.8, 4) is 0 Å². The fraction of sp³-hybridized carbons (Fsp3) is 0.900. The van der Waals surface area contributed by atoms with E-state index >= 15 is 0 Å². The average Bonchev–Trinajstić information content (AvgIpc) is 2.69. The normalized spacial score (nSPS) is 35.5. The van der Waals surface area contributed by atoms with Crippen LogP contribution < -0.4 is 22.1 Å². The zero-order valence-corrected chi connectivity index (χ0v) is 12.2. The molecule has 0 aromatic rings. The lowest BCUT2D eigenvalue weighted by atomic mass is 9.92. The predicted octanol–water partition coefficient (Wildman–Crippen LogP) is -1.92. The Morgan fingerprint density at radius 2 is 2.30 bits per heavy atom. The molecule has 1 saturated heterocycles. The maximum atomic E-state index is 10.8. The molecule has 0 aromatic carbocycles. The van der Waals surface area contributed by atoms with Gasteiger partial charge in [-0.25, -0.2) is 4.99 Å². The van der Waals surface area contributed by atoms with Crippen LogP contribution in [-0.2, 0) is 9.30 Å². The Hall–Kier alpha value is -0.540. The lowest BCUT2D eigenvalue weighted by Crippen LogP contribution is -2.60. The second-order valence-corrected chi connectivity index (χ2v) is 6.93. The fourth-order valence-electron chi connectivity index (χ4n) is 2.75. The lowest BCUT2D eigenvalue weighted by molar-refractivity contribution is 0.0672. The molecule has 0 aromatic heterocycles. The lowest BCUT2D eigenvalue weighted by Gasteiger charge is -2.32. The third kappa shape index (κ3) is 3.98. The van der Waals surface area contributed by atoms with Crippen molar-refractivity contribution in [2.24, 2.45) is 22.4 Å². The van der Waals surface area contributed by atoms with Crippen LogP contribution in [0.25, 0.3) is 0 Å². The standard InChI is InChI=1S/C10H22N5O4P/c1-5(19-4-20(16,17)18)2-6-3-13-8-7(6)14-10(12)15-9(8)11/h5-8,10,13-14H,2-4,12H2,1H3,(H2,11,15)(H2,16,17,18)/t5-,6?,7?,8?,10?/m1/s1. The Balaban J connectivity index is 1.88. The Morgan fingerprint density at radius 1 is 1.60 bits per heavy atom. The molecule has 20 heavy (non-hydrogen) atoms. The minimum absolute atomic E-state index is 0.0474. The average molecular weight is 307 g/mol. The molecule has 2 rings (SSSR count). The molecule has 2 heterocycles. The van der Waals surface area contributed by atoms with Crippen LogP contribution in [0, 0.1) is 5.92 Å². The van der Waals surface area contributed by atoms with Crippen molar-refractivity contribution in [2.45, 2.75) is 37.8 Å². The summed E-state index contributed by atoms with van der Waals surface area (Å²) in [7, 11) is -4.13. The van der Waals surface area contributed by atoms with Gasteiger partial charge in [0.25, 0.3) is 0 Å². The molecule has 2 aliphatic heterocycles. The van der Waals surface area contributed by atoms with Crippen LogP contribution in [0.1, 0.15) is 13.3 Å². The molecule has 0 amide bonds. The van der Waals surface area contributed by atoms with Crippen LogP contribution in [-0.4, -0.2) is 53.0 Å². The van der Waals surface area contributed by atoms with Crippen molar-refractivity contribution in [2.75, 3.05) is 12.9 Å². The number of nitrogens with two attached hydrogens (primary N) is 2. The molecule has 5 atom stereocenters. The minimum atomic E-state index is -4.13. The quantitative estimate of drug-likeness (QED) is 0.321. The summed E-state index contributed by atoms with van der Waals surface area (Å²) < 4.78 is 16.0. The zero-order chi connectivity index (χ0) is 14.9. The molecular formula is C10H22N5O4P. The maximum absolute atomic E-state index is 10.8. The topological polar surface area (TPSA) is 155 Å². The Kier molecular flexibility index (Phi) is 4.80. The SMILES string of the molecule is C[C@H](CC1CNC2C(N)=NC(N)NC12)OCP(=O)(O)O. The summed E-state index contributed by atoms with van der Waals surface area (Å²) in [5, 5.41) is 6.45. The Labute approximate surface area is 117 Å². The molecule has 0 bridgehead atoms. The zero-order valence-electron chi connectivity index (χ0n) is 11.3. The molecule has 0 aliphatic carbocycles. The van der Waals surface area contributed by atoms with E-state index in [9.17, 15) is 4.57 Å². The number of hydrogen-bond donors (Lipinski definition) is 6. The molecule has 10 heteroatoms. The largest absolute Gasteiger partial charge is 0.386 e. The first kappa shape index (κ1) is 15.8. The third-order valence-electron chi connectivity index (χ3n) is 3.60. The summed E-state index contributed by atoms with van der Waals surface area (Å²) in [6, 6.07) is 0.0115. The summed E-state index contributed by atoms with van der Waals surface area (Å²) in [6.45, 7) is 2.53. The molecule has 0 spiro atoms. The number of hydrogen-bond acceptors (Lipinski definition) is 7. The molecule has 0 radical (unpaired) electrons. The molecule has 2 aliphatic rings. The van der Waals surface area contributed by atoms with Crippen molar-refractivity contribution < 1.29 is 19.1 Å². The van der Waals surface area contributed by atoms with Gasteiger partial charge in [-0.05, 0) is 19.3 Å². The summed E-state index contributed by atoms with van der Waals surface area (Å²) in [5.41, 5.74) is 11.6. The molecule has 0 saturated carbocycles. The van der Waals surface area contributed by atoms with Gasteiger partial charge in [0.05, 0.1) is 12.1 Å². The van der Waals surface area contributed by atoms with E-state index in [0.717, 1.165) is 6.54 Å². The van der Waals surface area contributed by atoms with Crippen LogP contribution in [0.4, 0.5) is 0 Å². The highest BCUT2D eigenvalue weighted by Gasteiger charge is 2.41. The van der Waals surface area contributed by atoms with E-state index in [1.165, 1.54) is 0 Å². The van der Waals surface area contributed by atoms with Gasteiger partial charge in [0.1, 0.15) is 12.2 Å². The highest BCUT2D eigenvalue weighted by molar-refractivity contribution is 7.51. The summed E-state index contributed by atoms with van der Waals surface area (Å²) in [6.07, 6.45) is -0.670. The number of aliphatic imine (C=N–C) groups is 1. The molecule has 9 nitrogen and oxygen atoms in total. The van der Waals surface area contributed by atoms with Crippen LogP contribution in [0.5, 0.6) is 0 Å². The number of nitrogens with zero attached hydrogens (tertiary/aromatic N) is 1. The van der Waals surface area contributed by atoms with Gasteiger partial charge in [-0.1, -0.05) is 0 Å². The second kappa shape index (κ2) is 6.07. The maximum Gasteiger partial charge on any atom is 0.350 e. The van der Waals surface area contributed by atoms with E-state index in [2.05, 4.69) is 15.6 Å². The third-order valence-corrected chi connectivity index (χ3v) is 4.08. The summed E-state index contributed by atoms with van der Waals surface area (Å²) >= 11 is 0. The molecule has 8 N–H and O–H groups in total. The van der Waals surface area contributed by atoms with Gasteiger partial charge in [0, 0.05) is 12.6 Å². The van der Waals surface area contributed by atoms with E-state index in [4.69, 9.17) is 26.0 Å². The van der Waals surface area contributed by atoms with Crippen LogP contribution in [0.15, 0.2) is 4.99 Å². The van der Waals surface area contributed by atoms with Gasteiger partial charge in [-0.3, -0.25) is 15.6 Å². The van der Waals surface area contributed by atoms with E-state index in [1.54, 1.807) is 6.92 Å². The van der Waals surface area contributed by atoms with E-state index in [0.29, 0.717) is 12.3 Å². The van der Waals surface area contributed by atoms with Gasteiger partial charge >= 0.3 is 7.60 Å². The number of fused-ring (bicyclic) bond motifs is 1. The highest BCUT2D eigenvalue weighted by atomic mass is 31.2. The van der Waals surface area contributed by atoms with Crippen LogP contribution in [0.2, 0.25) is 0 Å². The molecular weight excluding hydrogens is 285 g/mol. The molecule has 4 unspecified atom stereocenters. The Morgan fingerprint density at radius 3 is 2.95 bits per heavy atom. The van der Waals surface area contributed by atoms with Gasteiger partial charge in [0.15, 0.2) is 6.29 Å². The van der Waals surface area contributed by atoms with Gasteiger partial charge in [0.2, 0.25) is 0 Å². The number of rotatable bonds is 5. The first-order valence-corrected chi connectivity index (χ1v) is 8.30. The van der Waals surface area contributed by atoms with Crippen molar-refractivity contribution in [3.63, 3.8) is 0 Å². The van der Waals surface area contributed by atoms with E-state index in [1.807, 2.05) is 0 Å². The van der Waals surface area contributed by atoms with Crippen molar-refractivity contribution in [1.82, 2.24) is 10.6 Å². The van der Waals surface area contributed by atoms with E-state index < -0.39 is 20.2 Å². The Bertz CT molecular complexity index is 428. The minimum Gasteiger partial charge on any atom is -0.386 e. The first-order chi connectivity index (χ1) is 9.26. The number of nitrogens with one attached hydrogen (secondary N) is 2. The van der Waals surface area contributed by atoms with E-state index in [-0.39, 0.29) is 24.1 Å². The predicted molar refractivity (Wildman–Crippen MR) is 73.9 cm³/mol. The number of ether oxygens (including phenoxy) is 1. The molecule has 116 valence electrons. The molecule has 1 fully saturated rings. The highest BCUT2D eigenvalue weighted by Crippen LogP contribution is 2.35. The second-order valence-electron chi connectivity index (χ2n) is 5.34. The number of amidine groups is 1. The van der Waals surface area contributed by atoms with Crippen LogP contribution >= 0.6 is 7.60 Å². The monoisotopic (exact) mass is 307 g/mol. The summed E-state index contributed by atoms with van der Waals surface area (Å²) in [4.78, 5) is 21.7. The fourth-order valence-corrected chi connectivity index (χ4v) is 3.20. The first-order valence-electron chi connectivity index (χ1n) is 6.50. The van der Waals surface area contributed by atoms with Crippen molar-refractivity contribution >= 4 is 13.4 Å².